The minimum Gasteiger partial charge on any atom is -0.508 e. The van der Waals surface area contributed by atoms with Gasteiger partial charge >= 0.3 is 0 Å². The Bertz CT molecular complexity index is 341. The first-order valence-electron chi connectivity index (χ1n) is 5.40. The van der Waals surface area contributed by atoms with Crippen molar-refractivity contribution in [1.29, 1.82) is 0 Å². The zero-order valence-electron chi connectivity index (χ0n) is 9.68. The molecule has 4 heteroatoms. The lowest BCUT2D eigenvalue weighted by Gasteiger charge is -2.20. The summed E-state index contributed by atoms with van der Waals surface area (Å²) in [6, 6.07) is 4.22. The van der Waals surface area contributed by atoms with Gasteiger partial charge in [-0.05, 0) is 18.6 Å². The van der Waals surface area contributed by atoms with Crippen molar-refractivity contribution in [1.82, 2.24) is 0 Å². The number of nitrogens with two attached hydrogens (primary N) is 1. The van der Waals surface area contributed by atoms with Crippen LogP contribution in [0.5, 0.6) is 11.5 Å². The van der Waals surface area contributed by atoms with Crippen LogP contribution in [0.3, 0.4) is 0 Å². The van der Waals surface area contributed by atoms with Gasteiger partial charge in [-0.2, -0.15) is 0 Å². The van der Waals surface area contributed by atoms with Crippen molar-refractivity contribution < 1.29 is 14.9 Å². The number of ether oxygens (including phenoxy) is 1. The van der Waals surface area contributed by atoms with Crippen molar-refractivity contribution in [3.05, 3.63) is 23.8 Å². The molecule has 1 aromatic carbocycles. The van der Waals surface area contributed by atoms with Gasteiger partial charge in [0, 0.05) is 11.6 Å². The van der Waals surface area contributed by atoms with Crippen molar-refractivity contribution in [2.45, 2.75) is 31.9 Å². The minimum atomic E-state index is -0.594. The van der Waals surface area contributed by atoms with E-state index in [0.717, 1.165) is 6.42 Å². The smallest absolute Gasteiger partial charge is 0.127 e. The molecular formula is C12H19NO3. The topological polar surface area (TPSA) is 75.7 Å². The van der Waals surface area contributed by atoms with E-state index in [-0.39, 0.29) is 5.75 Å². The van der Waals surface area contributed by atoms with E-state index in [1.165, 1.54) is 19.2 Å². The van der Waals surface area contributed by atoms with E-state index in [2.05, 4.69) is 0 Å². The molecule has 0 unspecified atom stereocenters. The Morgan fingerprint density at radius 2 is 2.12 bits per heavy atom. The van der Waals surface area contributed by atoms with Gasteiger partial charge in [0.2, 0.25) is 0 Å². The van der Waals surface area contributed by atoms with E-state index >= 15 is 0 Å². The number of aliphatic hydroxyl groups excluding tert-OH is 1. The molecule has 4 N–H and O–H groups in total. The second-order valence-corrected chi connectivity index (χ2v) is 3.81. The van der Waals surface area contributed by atoms with Crippen LogP contribution in [0.25, 0.3) is 0 Å². The van der Waals surface area contributed by atoms with Crippen LogP contribution in [-0.2, 0) is 0 Å². The van der Waals surface area contributed by atoms with Crippen molar-refractivity contribution >= 4 is 0 Å². The van der Waals surface area contributed by atoms with Crippen LogP contribution in [0.4, 0.5) is 0 Å². The van der Waals surface area contributed by atoms with Crippen LogP contribution in [0.1, 0.15) is 31.4 Å². The van der Waals surface area contributed by atoms with Crippen LogP contribution in [-0.4, -0.2) is 23.4 Å². The molecule has 90 valence electrons. The lowest BCUT2D eigenvalue weighted by atomic mass is 9.98. The summed E-state index contributed by atoms with van der Waals surface area (Å²) >= 11 is 0. The molecule has 0 heterocycles. The number of aromatic hydroxyl groups is 1. The molecule has 16 heavy (non-hydrogen) atoms. The normalized spacial score (nSPS) is 14.5. The summed E-state index contributed by atoms with van der Waals surface area (Å²) in [5, 5.41) is 19.1. The Morgan fingerprint density at radius 1 is 1.44 bits per heavy atom. The van der Waals surface area contributed by atoms with E-state index in [0.29, 0.717) is 17.7 Å². The van der Waals surface area contributed by atoms with Gasteiger partial charge < -0.3 is 20.7 Å². The summed E-state index contributed by atoms with van der Waals surface area (Å²) in [5.41, 5.74) is 6.65. The van der Waals surface area contributed by atoms with Gasteiger partial charge in [0.25, 0.3) is 0 Å². The first kappa shape index (κ1) is 12.8. The Balaban J connectivity index is 2.93. The standard InChI is InChI=1S/C12H19NO3/c1-3-4-10(15)12(13)9-6-5-8(14)7-11(9)16-2/h5-7,10,12,14-15H,3-4,13H2,1-2H3/t10-,12+/m0/s1. The molecule has 0 bridgehead atoms. The predicted molar refractivity (Wildman–Crippen MR) is 62.5 cm³/mol. The summed E-state index contributed by atoms with van der Waals surface area (Å²) in [5.74, 6) is 0.625. The van der Waals surface area contributed by atoms with Gasteiger partial charge in [0.1, 0.15) is 11.5 Å². The third kappa shape index (κ3) is 2.87. The molecule has 0 fully saturated rings. The second-order valence-electron chi connectivity index (χ2n) is 3.81. The predicted octanol–water partition coefficient (Wildman–Crippen LogP) is 1.56. The van der Waals surface area contributed by atoms with Gasteiger partial charge in [0.15, 0.2) is 0 Å². The molecule has 0 saturated carbocycles. The fraction of sp³-hybridized carbons (Fsp3) is 0.500. The molecule has 0 saturated heterocycles. The third-order valence-corrected chi connectivity index (χ3v) is 2.58. The summed E-state index contributed by atoms with van der Waals surface area (Å²) in [6.07, 6.45) is 0.920. The first-order chi connectivity index (χ1) is 7.60. The maximum absolute atomic E-state index is 9.82. The molecule has 0 aromatic heterocycles. The molecule has 1 rings (SSSR count). The molecule has 2 atom stereocenters. The van der Waals surface area contributed by atoms with E-state index in [1.807, 2.05) is 6.92 Å². The Morgan fingerprint density at radius 3 is 2.69 bits per heavy atom. The number of phenols is 1. The highest BCUT2D eigenvalue weighted by molar-refractivity contribution is 5.42. The summed E-state index contributed by atoms with van der Waals surface area (Å²) < 4.78 is 5.12. The number of rotatable bonds is 5. The van der Waals surface area contributed by atoms with E-state index in [1.54, 1.807) is 6.07 Å². The van der Waals surface area contributed by atoms with Crippen molar-refractivity contribution in [2.24, 2.45) is 5.73 Å². The largest absolute Gasteiger partial charge is 0.508 e. The van der Waals surface area contributed by atoms with E-state index in [4.69, 9.17) is 10.5 Å². The number of hydrogen-bond donors (Lipinski definition) is 3. The number of benzene rings is 1. The SMILES string of the molecule is CCC[C@H](O)[C@H](N)c1ccc(O)cc1OC. The molecule has 0 radical (unpaired) electrons. The van der Waals surface area contributed by atoms with E-state index < -0.39 is 12.1 Å². The second kappa shape index (κ2) is 5.72. The minimum absolute atomic E-state index is 0.123. The summed E-state index contributed by atoms with van der Waals surface area (Å²) in [4.78, 5) is 0. The van der Waals surface area contributed by atoms with Crippen molar-refractivity contribution in [3.63, 3.8) is 0 Å². The Hall–Kier alpha value is -1.26. The number of aliphatic hydroxyl groups is 1. The van der Waals surface area contributed by atoms with Crippen molar-refractivity contribution in [3.8, 4) is 11.5 Å². The average Bonchev–Trinajstić information content (AvgIpc) is 2.28. The van der Waals surface area contributed by atoms with Crippen LogP contribution < -0.4 is 10.5 Å². The Kier molecular flexibility index (Phi) is 4.58. The van der Waals surface area contributed by atoms with Crippen molar-refractivity contribution in [2.75, 3.05) is 7.11 Å². The average molecular weight is 225 g/mol. The maximum atomic E-state index is 9.82. The zero-order valence-corrected chi connectivity index (χ0v) is 9.68. The lowest BCUT2D eigenvalue weighted by Crippen LogP contribution is -2.26. The fourth-order valence-electron chi connectivity index (χ4n) is 1.66. The van der Waals surface area contributed by atoms with Crippen LogP contribution in [0.15, 0.2) is 18.2 Å². The highest BCUT2D eigenvalue weighted by Gasteiger charge is 2.19. The highest BCUT2D eigenvalue weighted by Crippen LogP contribution is 2.30. The quantitative estimate of drug-likeness (QED) is 0.711. The fourth-order valence-corrected chi connectivity index (χ4v) is 1.66. The van der Waals surface area contributed by atoms with Gasteiger partial charge in [-0.1, -0.05) is 13.3 Å². The van der Waals surface area contributed by atoms with Gasteiger partial charge in [-0.3, -0.25) is 0 Å². The van der Waals surface area contributed by atoms with Gasteiger partial charge in [-0.25, -0.2) is 0 Å². The lowest BCUT2D eigenvalue weighted by molar-refractivity contribution is 0.133. The van der Waals surface area contributed by atoms with Crippen LogP contribution in [0, 0.1) is 0 Å². The molecule has 0 aliphatic rings. The van der Waals surface area contributed by atoms with E-state index in [9.17, 15) is 10.2 Å². The van der Waals surface area contributed by atoms with Crippen LogP contribution in [0.2, 0.25) is 0 Å². The molecule has 0 aliphatic heterocycles. The molecule has 0 spiro atoms. The zero-order chi connectivity index (χ0) is 12.1. The van der Waals surface area contributed by atoms with Gasteiger partial charge in [-0.15, -0.1) is 0 Å². The molecule has 0 aliphatic carbocycles. The number of hydrogen-bond acceptors (Lipinski definition) is 4. The molecule has 0 amide bonds. The number of phenolic OH excluding ortho intramolecular Hbond substituents is 1. The summed E-state index contributed by atoms with van der Waals surface area (Å²) in [6.45, 7) is 1.99. The monoisotopic (exact) mass is 225 g/mol. The Labute approximate surface area is 95.7 Å². The highest BCUT2D eigenvalue weighted by atomic mass is 16.5. The summed E-state index contributed by atoms with van der Waals surface area (Å²) in [7, 11) is 1.51. The molecule has 4 nitrogen and oxygen atoms in total. The molecular weight excluding hydrogens is 206 g/mol. The van der Waals surface area contributed by atoms with Crippen LogP contribution >= 0.6 is 0 Å². The first-order valence-corrected chi connectivity index (χ1v) is 5.40. The van der Waals surface area contributed by atoms with Gasteiger partial charge in [0.05, 0.1) is 19.3 Å². The third-order valence-electron chi connectivity index (χ3n) is 2.58. The molecule has 1 aromatic rings. The number of methoxy groups -OCH3 is 1. The maximum Gasteiger partial charge on any atom is 0.127 e.